The van der Waals surface area contributed by atoms with Gasteiger partial charge in [0.05, 0.1) is 58.1 Å². The summed E-state index contributed by atoms with van der Waals surface area (Å²) in [6.45, 7) is 0.643. The molecule has 382 valence electrons. The van der Waals surface area contributed by atoms with E-state index in [1.807, 2.05) is 0 Å². The standard InChI is InChI=1S/C22H20ClF2N3O5.C16H13ClF2N2O2.C9H11N3O3.ClH/c23-14-9-11(1-4-15(14)24)27-21(30)13-3-5-16(25)19-17(7-8-32-20(13)19)28-22(31)33-10-12-2-6-18(29)26-12;17-10-7-8(1-3-11(10)18)21-16(22)9-2-4-12(19)14-13(20)5-6-23-15(9)14;13-8-2-1-7(11-8)5-15-9(14)12-4-3-10-6-12;/h1,3-5,9,12,17H,2,6-8,10H2,(H,26,29)(H,27,30)(H,28,31);1-4,7,13H,5-6,20H2,(H,21,22);3-4,6-7H,1-2,5H2,(H,11,13);1H/t12-,17-;13-;7-;/m000./s1. The molecule has 4 atom stereocenters. The van der Waals surface area contributed by atoms with E-state index in [4.69, 9.17) is 47.9 Å². The summed E-state index contributed by atoms with van der Waals surface area (Å²) in [5.74, 6) is -3.45. The zero-order valence-corrected chi connectivity index (χ0v) is 39.9. The van der Waals surface area contributed by atoms with Gasteiger partial charge in [-0.2, -0.15) is 0 Å². The van der Waals surface area contributed by atoms with Crippen molar-refractivity contribution >= 4 is 82.8 Å². The fraction of sp³-hybridized carbons (Fsp3) is 0.298. The second-order valence-electron chi connectivity index (χ2n) is 16.2. The molecule has 5 amide bonds. The molecule has 1 aromatic heterocycles. The minimum atomic E-state index is -0.785. The number of hydrogen-bond donors (Lipinski definition) is 6. The van der Waals surface area contributed by atoms with Crippen molar-refractivity contribution in [3.05, 3.63) is 135 Å². The van der Waals surface area contributed by atoms with Crippen LogP contribution in [-0.4, -0.2) is 83.9 Å². The Hall–Kier alpha value is -7.14. The second kappa shape index (κ2) is 24.8. The third kappa shape index (κ3) is 13.8. The molecule has 0 saturated carbocycles. The highest BCUT2D eigenvalue weighted by molar-refractivity contribution is 6.31. The van der Waals surface area contributed by atoms with E-state index in [0.717, 1.165) is 24.6 Å². The molecule has 4 aliphatic heterocycles. The van der Waals surface area contributed by atoms with Gasteiger partial charge in [-0.15, -0.1) is 12.4 Å². The Morgan fingerprint density at radius 3 is 1.71 bits per heavy atom. The second-order valence-corrected chi connectivity index (χ2v) is 17.0. The summed E-state index contributed by atoms with van der Waals surface area (Å²) in [5.41, 5.74) is 6.89. The van der Waals surface area contributed by atoms with Gasteiger partial charge in [0.15, 0.2) is 0 Å². The highest BCUT2D eigenvalue weighted by atomic mass is 35.5. The molecule has 0 aliphatic carbocycles. The molecule has 0 spiro atoms. The lowest BCUT2D eigenvalue weighted by atomic mass is 9.96. The van der Waals surface area contributed by atoms with Crippen molar-refractivity contribution < 1.29 is 65.3 Å². The average Bonchev–Trinajstić information content (AvgIpc) is 4.14. The number of amides is 5. The van der Waals surface area contributed by atoms with Gasteiger partial charge in [0.1, 0.15) is 54.3 Å². The quantitative estimate of drug-likeness (QED) is 0.0772. The van der Waals surface area contributed by atoms with E-state index in [1.54, 1.807) is 0 Å². The van der Waals surface area contributed by atoms with Crippen molar-refractivity contribution in [2.75, 3.05) is 37.1 Å². The molecule has 0 unspecified atom stereocenters. The number of anilines is 2. The van der Waals surface area contributed by atoms with Crippen LogP contribution in [0, 0.1) is 23.3 Å². The Labute approximate surface area is 424 Å². The lowest BCUT2D eigenvalue weighted by Crippen LogP contribution is -2.37. The van der Waals surface area contributed by atoms with Crippen LogP contribution in [0.3, 0.4) is 0 Å². The monoisotopic (exact) mass is 1060 g/mol. The Bertz CT molecular complexity index is 2830. The van der Waals surface area contributed by atoms with Crippen LogP contribution in [0.15, 0.2) is 79.4 Å². The number of rotatable bonds is 9. The van der Waals surface area contributed by atoms with E-state index in [2.05, 4.69) is 31.6 Å². The van der Waals surface area contributed by atoms with E-state index in [-0.39, 0.29) is 112 Å². The van der Waals surface area contributed by atoms with Gasteiger partial charge in [-0.1, -0.05) is 23.2 Å². The van der Waals surface area contributed by atoms with Crippen LogP contribution >= 0.6 is 35.6 Å². The predicted molar refractivity (Wildman–Crippen MR) is 254 cm³/mol. The van der Waals surface area contributed by atoms with E-state index in [9.17, 15) is 46.3 Å². The van der Waals surface area contributed by atoms with Crippen LogP contribution in [0.25, 0.3) is 0 Å². The van der Waals surface area contributed by atoms with Gasteiger partial charge >= 0.3 is 12.2 Å². The van der Waals surface area contributed by atoms with Gasteiger partial charge in [0.25, 0.3) is 11.8 Å². The van der Waals surface area contributed by atoms with E-state index >= 15 is 0 Å². The number of imidazole rings is 1. The first-order chi connectivity index (χ1) is 34.0. The average molecular weight is 1060 g/mol. The molecule has 0 bridgehead atoms. The van der Waals surface area contributed by atoms with E-state index in [1.165, 1.54) is 65.8 Å². The molecule has 18 nitrogen and oxygen atoms in total. The number of benzene rings is 4. The van der Waals surface area contributed by atoms with Crippen LogP contribution in [0.5, 0.6) is 11.5 Å². The number of aromatic nitrogens is 2. The number of nitrogens with one attached hydrogen (secondary N) is 5. The smallest absolute Gasteiger partial charge is 0.419 e. The number of halogens is 7. The molecule has 4 aromatic carbocycles. The highest BCUT2D eigenvalue weighted by Crippen LogP contribution is 2.39. The number of carbonyl (C=O) groups excluding carboxylic acids is 6. The number of hydrogen-bond acceptors (Lipinski definition) is 12. The molecule has 72 heavy (non-hydrogen) atoms. The fourth-order valence-electron chi connectivity index (χ4n) is 7.61. The largest absolute Gasteiger partial charge is 0.492 e. The van der Waals surface area contributed by atoms with Gasteiger partial charge in [0.2, 0.25) is 11.8 Å². The first-order valence-electron chi connectivity index (χ1n) is 21.9. The molecular weight excluding hydrogens is 1020 g/mol. The highest BCUT2D eigenvalue weighted by Gasteiger charge is 2.32. The van der Waals surface area contributed by atoms with Crippen LogP contribution in [-0.2, 0) is 19.1 Å². The summed E-state index contributed by atoms with van der Waals surface area (Å²) in [6, 6.07) is 10.8. The molecule has 0 radical (unpaired) electrons. The third-order valence-corrected chi connectivity index (χ3v) is 11.8. The molecule has 9 rings (SSSR count). The summed E-state index contributed by atoms with van der Waals surface area (Å²) in [7, 11) is 0. The molecule has 2 saturated heterocycles. The number of fused-ring (bicyclic) bond motifs is 2. The lowest BCUT2D eigenvalue weighted by Gasteiger charge is -2.28. The first-order valence-corrected chi connectivity index (χ1v) is 22.7. The van der Waals surface area contributed by atoms with Crippen LogP contribution < -0.4 is 41.8 Å². The molecule has 7 N–H and O–H groups in total. The van der Waals surface area contributed by atoms with Crippen molar-refractivity contribution in [2.45, 2.75) is 62.7 Å². The molecule has 2 fully saturated rings. The summed E-state index contributed by atoms with van der Waals surface area (Å²) in [4.78, 5) is 74.6. The predicted octanol–water partition coefficient (Wildman–Crippen LogP) is 7.92. The Balaban J connectivity index is 0.000000189. The minimum absolute atomic E-state index is 0. The summed E-state index contributed by atoms with van der Waals surface area (Å²) >= 11 is 11.4. The zero-order chi connectivity index (χ0) is 50.8. The van der Waals surface area contributed by atoms with Crippen molar-refractivity contribution in [1.82, 2.24) is 25.5 Å². The zero-order valence-electron chi connectivity index (χ0n) is 37.6. The summed E-state index contributed by atoms with van der Waals surface area (Å²) < 4.78 is 77.6. The Kier molecular flexibility index (Phi) is 18.7. The molecular formula is C47H45Cl3F4N8O10. The number of carbonyl (C=O) groups is 6. The van der Waals surface area contributed by atoms with Crippen LogP contribution in [0.4, 0.5) is 38.5 Å². The summed E-state index contributed by atoms with van der Waals surface area (Å²) in [5, 5.41) is 12.9. The number of alkyl carbamates (subject to hydrolysis) is 1. The fourth-order valence-corrected chi connectivity index (χ4v) is 7.97. The van der Waals surface area contributed by atoms with Crippen molar-refractivity contribution in [2.24, 2.45) is 5.73 Å². The molecule has 5 heterocycles. The number of ether oxygens (including phenoxy) is 4. The minimum Gasteiger partial charge on any atom is -0.492 e. The number of nitrogens with two attached hydrogens (primary N) is 1. The van der Waals surface area contributed by atoms with E-state index in [0.29, 0.717) is 38.0 Å². The number of nitrogens with zero attached hydrogens (tertiary/aromatic N) is 2. The topological polar surface area (TPSA) is 243 Å². The first kappa shape index (κ1) is 54.2. The molecule has 4 aliphatic rings. The molecule has 5 aromatic rings. The van der Waals surface area contributed by atoms with Crippen molar-refractivity contribution in [1.29, 1.82) is 0 Å². The van der Waals surface area contributed by atoms with Gasteiger partial charge in [-0.3, -0.25) is 19.2 Å². The Morgan fingerprint density at radius 1 is 0.708 bits per heavy atom. The maximum Gasteiger partial charge on any atom is 0.419 e. The van der Waals surface area contributed by atoms with E-state index < -0.39 is 59.4 Å². The van der Waals surface area contributed by atoms with Gasteiger partial charge in [-0.05, 0) is 73.5 Å². The third-order valence-electron chi connectivity index (χ3n) is 11.2. The normalized spacial score (nSPS) is 18.2. The van der Waals surface area contributed by atoms with Gasteiger partial charge in [-0.25, -0.2) is 36.7 Å². The Morgan fingerprint density at radius 2 is 1.21 bits per heavy atom. The maximum atomic E-state index is 14.7. The maximum absolute atomic E-state index is 14.7. The summed E-state index contributed by atoms with van der Waals surface area (Å²) in [6.07, 6.45) is 6.03. The van der Waals surface area contributed by atoms with Crippen molar-refractivity contribution in [3.63, 3.8) is 0 Å². The lowest BCUT2D eigenvalue weighted by molar-refractivity contribution is -0.120. The van der Waals surface area contributed by atoms with Crippen LogP contribution in [0.1, 0.15) is 82.5 Å². The van der Waals surface area contributed by atoms with Crippen molar-refractivity contribution in [3.8, 4) is 11.5 Å². The van der Waals surface area contributed by atoms with Gasteiger partial charge < -0.3 is 51.3 Å². The SMILES string of the molecule is Cl.N[C@H]1CCOc2c(C(=O)Nc3ccc(F)c(Cl)c3)ccc(F)c21.O=C1CC[C@@H](COC(=O)N[C@H]2CCOc3c(C(=O)Nc4ccc(F)c(Cl)c4)ccc(F)c32)N1.O=C1CC[C@@H](COC(=O)n2ccnc2)N1. The molecule has 25 heteroatoms. The van der Waals surface area contributed by atoms with Gasteiger partial charge in [0, 0.05) is 61.1 Å². The van der Waals surface area contributed by atoms with Crippen LogP contribution in [0.2, 0.25) is 10.0 Å².